The molecule has 1 fully saturated rings. The molecule has 0 aliphatic carbocycles. The number of hydrogen-bond donors (Lipinski definition) is 1. The monoisotopic (exact) mass is 417 g/mol. The summed E-state index contributed by atoms with van der Waals surface area (Å²) in [6, 6.07) is 12.2. The van der Waals surface area contributed by atoms with Crippen LogP contribution in [0.2, 0.25) is 0 Å². The number of nitrogens with zero attached hydrogens (tertiary/aromatic N) is 4. The number of carbonyl (C=O) groups is 1. The van der Waals surface area contributed by atoms with E-state index in [0.29, 0.717) is 12.5 Å². The molecule has 4 rings (SSSR count). The van der Waals surface area contributed by atoms with Crippen LogP contribution in [0.1, 0.15) is 41.4 Å². The maximum absolute atomic E-state index is 13.8. The first-order chi connectivity index (χ1) is 14.9. The molecule has 3 heterocycles. The predicted octanol–water partition coefficient (Wildman–Crippen LogP) is 4.45. The van der Waals surface area contributed by atoms with Gasteiger partial charge < -0.3 is 10.2 Å². The average molecular weight is 418 g/mol. The summed E-state index contributed by atoms with van der Waals surface area (Å²) in [5.41, 5.74) is 4.72. The van der Waals surface area contributed by atoms with Crippen molar-refractivity contribution in [3.8, 4) is 11.1 Å². The lowest BCUT2D eigenvalue weighted by molar-refractivity contribution is 0.0540. The Morgan fingerprint density at radius 2 is 2.06 bits per heavy atom. The topological polar surface area (TPSA) is 63.1 Å². The van der Waals surface area contributed by atoms with Gasteiger partial charge in [-0.05, 0) is 56.4 Å². The standard InChI is InChI=1S/C25H31N5O/c1-17-10-11-21(20-14-27-29(4)16-20)22(13-17)25(31)30-12-6-7-18(2)23(30)15-26-24-9-5-8-19(3)28-24/h5,8-11,13-14,16,18,23H,6-7,12,15H2,1-4H3,(H,26,28)/t18?,23-/m1/s1. The number of benzene rings is 1. The molecule has 0 saturated carbocycles. The normalized spacial score (nSPS) is 18.8. The van der Waals surface area contributed by atoms with Crippen molar-refractivity contribution in [2.24, 2.45) is 13.0 Å². The molecule has 1 aromatic carbocycles. The quantitative estimate of drug-likeness (QED) is 0.666. The fraction of sp³-hybridized carbons (Fsp3) is 0.400. The average Bonchev–Trinajstić information content (AvgIpc) is 3.18. The molecule has 0 radical (unpaired) electrons. The second-order valence-electron chi connectivity index (χ2n) is 8.68. The molecule has 31 heavy (non-hydrogen) atoms. The molecular weight excluding hydrogens is 386 g/mol. The maximum atomic E-state index is 13.8. The number of hydrogen-bond acceptors (Lipinski definition) is 4. The van der Waals surface area contributed by atoms with Crippen LogP contribution in [0.3, 0.4) is 0 Å². The third kappa shape index (κ3) is 4.63. The summed E-state index contributed by atoms with van der Waals surface area (Å²) in [5, 5.41) is 7.76. The van der Waals surface area contributed by atoms with E-state index < -0.39 is 0 Å². The van der Waals surface area contributed by atoms with Crippen LogP contribution in [0.5, 0.6) is 0 Å². The highest BCUT2D eigenvalue weighted by Gasteiger charge is 2.33. The van der Waals surface area contributed by atoms with E-state index in [9.17, 15) is 4.79 Å². The van der Waals surface area contributed by atoms with Gasteiger partial charge >= 0.3 is 0 Å². The van der Waals surface area contributed by atoms with Crippen LogP contribution in [0.25, 0.3) is 11.1 Å². The minimum Gasteiger partial charge on any atom is -0.368 e. The van der Waals surface area contributed by atoms with Crippen LogP contribution in [0.4, 0.5) is 5.82 Å². The number of amides is 1. The van der Waals surface area contributed by atoms with E-state index in [1.807, 2.05) is 63.6 Å². The molecule has 1 N–H and O–H groups in total. The number of aryl methyl sites for hydroxylation is 3. The first kappa shape index (κ1) is 21.1. The lowest BCUT2D eigenvalue weighted by Crippen LogP contribution is -2.51. The molecule has 1 saturated heterocycles. The Morgan fingerprint density at radius 3 is 2.81 bits per heavy atom. The van der Waals surface area contributed by atoms with Crippen molar-refractivity contribution in [1.29, 1.82) is 0 Å². The van der Waals surface area contributed by atoms with Crippen LogP contribution in [-0.4, -0.2) is 44.7 Å². The molecule has 1 aliphatic rings. The summed E-state index contributed by atoms with van der Waals surface area (Å²) in [7, 11) is 1.90. The molecule has 6 nitrogen and oxygen atoms in total. The van der Waals surface area contributed by atoms with Gasteiger partial charge in [-0.2, -0.15) is 5.10 Å². The van der Waals surface area contributed by atoms with Gasteiger partial charge in [0, 0.05) is 43.2 Å². The first-order valence-electron chi connectivity index (χ1n) is 11.0. The number of likely N-dealkylation sites (tertiary alicyclic amines) is 1. The van der Waals surface area contributed by atoms with Gasteiger partial charge in [0.15, 0.2) is 0 Å². The fourth-order valence-corrected chi connectivity index (χ4v) is 4.46. The number of pyridine rings is 1. The minimum absolute atomic E-state index is 0.0955. The van der Waals surface area contributed by atoms with Gasteiger partial charge in [0.2, 0.25) is 0 Å². The Bertz CT molecular complexity index is 1070. The fourth-order valence-electron chi connectivity index (χ4n) is 4.46. The lowest BCUT2D eigenvalue weighted by atomic mass is 9.89. The van der Waals surface area contributed by atoms with E-state index in [1.54, 1.807) is 4.68 Å². The van der Waals surface area contributed by atoms with E-state index in [2.05, 4.69) is 33.3 Å². The zero-order valence-corrected chi connectivity index (χ0v) is 18.8. The maximum Gasteiger partial charge on any atom is 0.254 e. The minimum atomic E-state index is 0.0955. The zero-order chi connectivity index (χ0) is 22.0. The van der Waals surface area contributed by atoms with Gasteiger partial charge in [0.25, 0.3) is 5.91 Å². The number of piperidine rings is 1. The number of nitrogens with one attached hydrogen (secondary N) is 1. The van der Waals surface area contributed by atoms with E-state index >= 15 is 0 Å². The highest BCUT2D eigenvalue weighted by molar-refractivity contribution is 6.01. The summed E-state index contributed by atoms with van der Waals surface area (Å²) in [6.45, 7) is 7.73. The molecule has 2 aromatic heterocycles. The molecule has 1 aliphatic heterocycles. The largest absolute Gasteiger partial charge is 0.368 e. The predicted molar refractivity (Wildman–Crippen MR) is 124 cm³/mol. The second-order valence-corrected chi connectivity index (χ2v) is 8.68. The lowest BCUT2D eigenvalue weighted by Gasteiger charge is -2.40. The first-order valence-corrected chi connectivity index (χ1v) is 11.0. The van der Waals surface area contributed by atoms with Crippen molar-refractivity contribution in [1.82, 2.24) is 19.7 Å². The summed E-state index contributed by atoms with van der Waals surface area (Å²) >= 11 is 0. The molecule has 1 unspecified atom stereocenters. The molecule has 0 spiro atoms. The molecular formula is C25H31N5O. The number of carbonyl (C=O) groups excluding carboxylic acids is 1. The van der Waals surface area contributed by atoms with Gasteiger partial charge in [-0.3, -0.25) is 9.48 Å². The van der Waals surface area contributed by atoms with Crippen molar-refractivity contribution >= 4 is 11.7 Å². The summed E-state index contributed by atoms with van der Waals surface area (Å²) in [6.07, 6.45) is 5.94. The van der Waals surface area contributed by atoms with Crippen LogP contribution in [0, 0.1) is 19.8 Å². The van der Waals surface area contributed by atoms with Crippen molar-refractivity contribution < 1.29 is 4.79 Å². The van der Waals surface area contributed by atoms with Crippen LogP contribution in [0.15, 0.2) is 48.8 Å². The summed E-state index contributed by atoms with van der Waals surface area (Å²) in [5.74, 6) is 1.37. The molecule has 3 aromatic rings. The Balaban J connectivity index is 1.62. The van der Waals surface area contributed by atoms with Gasteiger partial charge in [-0.15, -0.1) is 0 Å². The number of anilines is 1. The van der Waals surface area contributed by atoms with Crippen LogP contribution < -0.4 is 5.32 Å². The third-order valence-corrected chi connectivity index (χ3v) is 6.18. The Morgan fingerprint density at radius 1 is 1.23 bits per heavy atom. The van der Waals surface area contributed by atoms with Crippen molar-refractivity contribution in [3.63, 3.8) is 0 Å². The highest BCUT2D eigenvalue weighted by atomic mass is 16.2. The van der Waals surface area contributed by atoms with E-state index in [0.717, 1.165) is 53.2 Å². The second kappa shape index (κ2) is 8.92. The van der Waals surface area contributed by atoms with Crippen molar-refractivity contribution in [2.45, 2.75) is 39.7 Å². The van der Waals surface area contributed by atoms with E-state index in [-0.39, 0.29) is 11.9 Å². The van der Waals surface area contributed by atoms with Gasteiger partial charge in [0.05, 0.1) is 12.2 Å². The summed E-state index contributed by atoms with van der Waals surface area (Å²) < 4.78 is 1.77. The molecule has 6 heteroatoms. The number of aromatic nitrogens is 3. The van der Waals surface area contributed by atoms with E-state index in [1.165, 1.54) is 0 Å². The Hall–Kier alpha value is -3.15. The van der Waals surface area contributed by atoms with Gasteiger partial charge in [0.1, 0.15) is 5.82 Å². The SMILES string of the molecule is Cc1ccc(-c2cnn(C)c2)c(C(=O)N2CCCC(C)[C@H]2CNc2cccc(C)n2)c1. The van der Waals surface area contributed by atoms with Crippen LogP contribution >= 0.6 is 0 Å². The van der Waals surface area contributed by atoms with E-state index in [4.69, 9.17) is 0 Å². The third-order valence-electron chi connectivity index (χ3n) is 6.18. The Kier molecular flexibility index (Phi) is 6.07. The van der Waals surface area contributed by atoms with Gasteiger partial charge in [-0.25, -0.2) is 4.98 Å². The molecule has 2 atom stereocenters. The number of rotatable bonds is 5. The highest BCUT2D eigenvalue weighted by Crippen LogP contribution is 2.30. The van der Waals surface area contributed by atoms with Crippen LogP contribution in [-0.2, 0) is 7.05 Å². The van der Waals surface area contributed by atoms with Crippen molar-refractivity contribution in [3.05, 3.63) is 65.6 Å². The zero-order valence-electron chi connectivity index (χ0n) is 18.8. The van der Waals surface area contributed by atoms with Crippen molar-refractivity contribution in [2.75, 3.05) is 18.4 Å². The molecule has 0 bridgehead atoms. The smallest absolute Gasteiger partial charge is 0.254 e. The Labute approximate surface area is 184 Å². The molecule has 162 valence electrons. The van der Waals surface area contributed by atoms with Gasteiger partial charge in [-0.1, -0.05) is 30.7 Å². The summed E-state index contributed by atoms with van der Waals surface area (Å²) in [4.78, 5) is 20.4. The molecule has 1 amide bonds.